The standard InChI is InChI=1S/C28H20N2S/c1-19-11-16-27-23(17-19)24(18-31-27)28-29-25-9-5-6-10-26(25)30(28)22-14-12-21(13-15-22)20-7-3-2-4-8-20/h2-18H,1H3/i1D3. The van der Waals surface area contributed by atoms with E-state index in [2.05, 4.69) is 52.4 Å². The molecule has 0 radical (unpaired) electrons. The lowest BCUT2D eigenvalue weighted by molar-refractivity contribution is 1.11. The molecule has 0 atom stereocenters. The van der Waals surface area contributed by atoms with Crippen molar-refractivity contribution in [1.29, 1.82) is 0 Å². The third-order valence-corrected chi connectivity index (χ3v) is 6.57. The molecule has 0 fully saturated rings. The summed E-state index contributed by atoms with van der Waals surface area (Å²) < 4.78 is 26.7. The van der Waals surface area contributed by atoms with Crippen LogP contribution in [-0.4, -0.2) is 9.55 Å². The van der Waals surface area contributed by atoms with Gasteiger partial charge in [-0.1, -0.05) is 66.2 Å². The Morgan fingerprint density at radius 3 is 2.42 bits per heavy atom. The average Bonchev–Trinajstić information content (AvgIpc) is 3.45. The molecule has 0 bridgehead atoms. The fourth-order valence-electron chi connectivity index (χ4n) is 4.10. The maximum Gasteiger partial charge on any atom is 0.147 e. The molecule has 3 heteroatoms. The van der Waals surface area contributed by atoms with Crippen molar-refractivity contribution in [3.63, 3.8) is 0 Å². The summed E-state index contributed by atoms with van der Waals surface area (Å²) in [5.74, 6) is 0.808. The molecule has 0 aliphatic heterocycles. The van der Waals surface area contributed by atoms with Gasteiger partial charge in [0.1, 0.15) is 5.82 Å². The molecule has 0 saturated heterocycles. The number of aromatic nitrogens is 2. The molecule has 2 nitrogen and oxygen atoms in total. The molecular weight excluding hydrogens is 396 g/mol. The lowest BCUT2D eigenvalue weighted by Crippen LogP contribution is -1.97. The third-order valence-electron chi connectivity index (χ3n) is 5.61. The second-order valence-corrected chi connectivity index (χ2v) is 8.44. The molecular formula is C28H20N2S. The van der Waals surface area contributed by atoms with Crippen LogP contribution in [0.5, 0.6) is 0 Å². The van der Waals surface area contributed by atoms with Gasteiger partial charge >= 0.3 is 0 Å². The van der Waals surface area contributed by atoms with Gasteiger partial charge in [0.25, 0.3) is 0 Å². The molecule has 0 N–H and O–H groups in total. The number of nitrogens with zero attached hydrogens (tertiary/aromatic N) is 2. The van der Waals surface area contributed by atoms with E-state index in [-0.39, 0.29) is 0 Å². The summed E-state index contributed by atoms with van der Waals surface area (Å²) in [5.41, 5.74) is 6.52. The highest BCUT2D eigenvalue weighted by molar-refractivity contribution is 7.17. The Kier molecular flexibility index (Phi) is 3.53. The van der Waals surface area contributed by atoms with Crippen LogP contribution in [-0.2, 0) is 0 Å². The first kappa shape index (κ1) is 15.2. The second kappa shape index (κ2) is 7.22. The number of para-hydroxylation sites is 2. The van der Waals surface area contributed by atoms with Gasteiger partial charge in [-0.3, -0.25) is 4.57 Å². The zero-order valence-electron chi connectivity index (χ0n) is 19.6. The van der Waals surface area contributed by atoms with Crippen molar-refractivity contribution in [2.75, 3.05) is 0 Å². The van der Waals surface area contributed by atoms with Gasteiger partial charge in [-0.2, -0.15) is 0 Å². The van der Waals surface area contributed by atoms with E-state index in [1.807, 2.05) is 42.5 Å². The number of thiophene rings is 1. The Bertz CT molecular complexity index is 1630. The van der Waals surface area contributed by atoms with Crippen LogP contribution in [0.2, 0.25) is 0 Å². The molecule has 0 amide bonds. The quantitative estimate of drug-likeness (QED) is 0.285. The highest BCUT2D eigenvalue weighted by Crippen LogP contribution is 2.37. The minimum absolute atomic E-state index is 0.342. The Labute approximate surface area is 189 Å². The summed E-state index contributed by atoms with van der Waals surface area (Å²) >= 11 is 1.60. The van der Waals surface area contributed by atoms with E-state index in [9.17, 15) is 0 Å². The first-order valence-electron chi connectivity index (χ1n) is 11.6. The van der Waals surface area contributed by atoms with Crippen LogP contribution >= 0.6 is 11.3 Å². The van der Waals surface area contributed by atoms with Gasteiger partial charge < -0.3 is 0 Å². The molecule has 0 aliphatic rings. The topological polar surface area (TPSA) is 17.8 Å². The molecule has 0 aliphatic carbocycles. The maximum absolute atomic E-state index is 7.85. The lowest BCUT2D eigenvalue weighted by atomic mass is 10.1. The van der Waals surface area contributed by atoms with Gasteiger partial charge in [-0.25, -0.2) is 4.98 Å². The van der Waals surface area contributed by atoms with Crippen molar-refractivity contribution < 1.29 is 4.11 Å². The van der Waals surface area contributed by atoms with Gasteiger partial charge in [0.2, 0.25) is 0 Å². The molecule has 2 heterocycles. The monoisotopic (exact) mass is 419 g/mol. The maximum atomic E-state index is 7.85. The van der Waals surface area contributed by atoms with Gasteiger partial charge in [-0.05, 0) is 54.4 Å². The van der Waals surface area contributed by atoms with Crippen molar-refractivity contribution in [3.8, 4) is 28.2 Å². The van der Waals surface area contributed by atoms with Crippen molar-refractivity contribution in [1.82, 2.24) is 9.55 Å². The molecule has 2 aromatic heterocycles. The summed E-state index contributed by atoms with van der Waals surface area (Å²) in [5, 5.41) is 2.99. The van der Waals surface area contributed by atoms with Crippen LogP contribution in [0, 0.1) is 6.85 Å². The van der Waals surface area contributed by atoms with Crippen LogP contribution in [0.3, 0.4) is 0 Å². The third kappa shape index (κ3) is 3.06. The zero-order valence-corrected chi connectivity index (χ0v) is 17.4. The Morgan fingerprint density at radius 1 is 0.806 bits per heavy atom. The van der Waals surface area contributed by atoms with E-state index >= 15 is 0 Å². The molecule has 6 aromatic rings. The number of imidazole rings is 1. The molecule has 6 rings (SSSR count). The minimum atomic E-state index is -2.15. The predicted octanol–water partition coefficient (Wildman–Crippen LogP) is 7.88. The molecule has 0 unspecified atom stereocenters. The summed E-state index contributed by atoms with van der Waals surface area (Å²) in [4.78, 5) is 4.98. The average molecular weight is 420 g/mol. The molecule has 148 valence electrons. The normalized spacial score (nSPS) is 13.2. The summed E-state index contributed by atoms with van der Waals surface area (Å²) in [6.45, 7) is -2.15. The lowest BCUT2D eigenvalue weighted by Gasteiger charge is -2.11. The summed E-state index contributed by atoms with van der Waals surface area (Å²) in [6, 6.07) is 32.2. The minimum Gasteiger partial charge on any atom is -0.292 e. The van der Waals surface area contributed by atoms with E-state index in [1.54, 1.807) is 23.5 Å². The molecule has 0 saturated carbocycles. The number of aryl methyl sites for hydroxylation is 1. The van der Waals surface area contributed by atoms with Crippen LogP contribution < -0.4 is 0 Å². The van der Waals surface area contributed by atoms with Gasteiger partial charge in [0, 0.05) is 30.8 Å². The Morgan fingerprint density at radius 2 is 1.58 bits per heavy atom. The van der Waals surface area contributed by atoms with E-state index in [1.165, 1.54) is 5.56 Å². The predicted molar refractivity (Wildman–Crippen MR) is 132 cm³/mol. The first-order chi connectivity index (χ1) is 16.5. The van der Waals surface area contributed by atoms with Crippen molar-refractivity contribution in [2.24, 2.45) is 0 Å². The summed E-state index contributed by atoms with van der Waals surface area (Å²) in [7, 11) is 0. The number of fused-ring (bicyclic) bond motifs is 2. The van der Waals surface area contributed by atoms with E-state index in [4.69, 9.17) is 9.10 Å². The van der Waals surface area contributed by atoms with Crippen LogP contribution in [0.4, 0.5) is 0 Å². The van der Waals surface area contributed by atoms with E-state index in [0.717, 1.165) is 43.8 Å². The zero-order chi connectivity index (χ0) is 23.3. The molecule has 0 spiro atoms. The van der Waals surface area contributed by atoms with Crippen LogP contribution in [0.15, 0.2) is 102 Å². The van der Waals surface area contributed by atoms with Crippen LogP contribution in [0.25, 0.3) is 49.3 Å². The number of rotatable bonds is 3. The van der Waals surface area contributed by atoms with Gasteiger partial charge in [0.05, 0.1) is 11.0 Å². The summed E-state index contributed by atoms with van der Waals surface area (Å²) in [6.07, 6.45) is 0. The number of benzene rings is 4. The van der Waals surface area contributed by atoms with Crippen molar-refractivity contribution in [2.45, 2.75) is 6.85 Å². The van der Waals surface area contributed by atoms with E-state index in [0.29, 0.717) is 5.56 Å². The largest absolute Gasteiger partial charge is 0.292 e. The highest BCUT2D eigenvalue weighted by atomic mass is 32.1. The molecule has 4 aromatic carbocycles. The second-order valence-electron chi connectivity index (χ2n) is 7.53. The van der Waals surface area contributed by atoms with Crippen molar-refractivity contribution >= 4 is 32.5 Å². The SMILES string of the molecule is [2H]C([2H])([2H])c1ccc2scc(-c3nc4ccccc4n3-c3ccc(-c4ccccc4)cc3)c2c1. The highest BCUT2D eigenvalue weighted by Gasteiger charge is 2.17. The first-order valence-corrected chi connectivity index (χ1v) is 11.0. The van der Waals surface area contributed by atoms with Gasteiger partial charge in [-0.15, -0.1) is 11.3 Å². The Hall–Kier alpha value is -3.69. The fraction of sp³-hybridized carbons (Fsp3) is 0.0357. The van der Waals surface area contributed by atoms with Crippen LogP contribution in [0.1, 0.15) is 9.68 Å². The van der Waals surface area contributed by atoms with E-state index < -0.39 is 6.85 Å². The number of hydrogen-bond donors (Lipinski definition) is 0. The molecule has 31 heavy (non-hydrogen) atoms. The number of hydrogen-bond acceptors (Lipinski definition) is 2. The Balaban J connectivity index is 1.56. The fourth-order valence-corrected chi connectivity index (χ4v) is 5.02. The van der Waals surface area contributed by atoms with Crippen molar-refractivity contribution in [3.05, 3.63) is 108 Å². The van der Waals surface area contributed by atoms with Gasteiger partial charge in [0.15, 0.2) is 0 Å². The smallest absolute Gasteiger partial charge is 0.147 e.